The Hall–Kier alpha value is -0.900. The molecular weight excluding hydrogens is 437 g/mol. The molecule has 1 fully saturated rings. The van der Waals surface area contributed by atoms with E-state index in [1.807, 2.05) is 14.0 Å². The number of aryl methyl sites for hydroxylation is 2. The lowest BCUT2D eigenvalue weighted by Gasteiger charge is -2.34. The summed E-state index contributed by atoms with van der Waals surface area (Å²) < 4.78 is 0. The molecule has 2 heterocycles. The predicted molar refractivity (Wildman–Crippen MR) is 110 cm³/mol. The Morgan fingerprint density at radius 2 is 2.25 bits per heavy atom. The second kappa shape index (κ2) is 10.2. The van der Waals surface area contributed by atoms with Gasteiger partial charge >= 0.3 is 0 Å². The van der Waals surface area contributed by atoms with Gasteiger partial charge in [0.25, 0.3) is 0 Å². The molecule has 0 aliphatic carbocycles. The number of nitrogens with one attached hydrogen (secondary N) is 1. The van der Waals surface area contributed by atoms with Crippen molar-refractivity contribution in [1.82, 2.24) is 15.2 Å². The number of halogens is 1. The molecule has 1 unspecified atom stereocenters. The smallest absolute Gasteiger partial charge is 0.217 e. The molecule has 0 spiro atoms. The van der Waals surface area contributed by atoms with E-state index in [1.54, 1.807) is 11.3 Å². The number of primary amides is 1. The van der Waals surface area contributed by atoms with Crippen LogP contribution >= 0.6 is 35.3 Å². The van der Waals surface area contributed by atoms with E-state index >= 15 is 0 Å². The van der Waals surface area contributed by atoms with Crippen LogP contribution in [0.3, 0.4) is 0 Å². The molecule has 0 aromatic carbocycles. The lowest BCUT2D eigenvalue weighted by molar-refractivity contribution is -0.119. The molecule has 1 aliphatic rings. The Morgan fingerprint density at radius 3 is 2.83 bits per heavy atom. The molecule has 8 heteroatoms. The second-order valence-electron chi connectivity index (χ2n) is 6.09. The highest BCUT2D eigenvalue weighted by atomic mass is 127. The van der Waals surface area contributed by atoms with Gasteiger partial charge in [0.05, 0.1) is 10.7 Å². The largest absolute Gasteiger partial charge is 0.370 e. The number of thiazole rings is 1. The molecule has 1 amide bonds. The van der Waals surface area contributed by atoms with Gasteiger partial charge in [-0.25, -0.2) is 4.98 Å². The Kier molecular flexibility index (Phi) is 8.96. The van der Waals surface area contributed by atoms with Crippen LogP contribution in [0.2, 0.25) is 0 Å². The summed E-state index contributed by atoms with van der Waals surface area (Å²) in [7, 11) is 1.81. The topological polar surface area (TPSA) is 83.6 Å². The van der Waals surface area contributed by atoms with E-state index in [2.05, 4.69) is 27.1 Å². The number of nitrogens with two attached hydrogens (primary N) is 1. The molecule has 6 nitrogen and oxygen atoms in total. The van der Waals surface area contributed by atoms with Crippen molar-refractivity contribution in [3.63, 3.8) is 0 Å². The lowest BCUT2D eigenvalue weighted by atomic mass is 9.95. The van der Waals surface area contributed by atoms with Crippen LogP contribution < -0.4 is 11.1 Å². The van der Waals surface area contributed by atoms with Gasteiger partial charge in [-0.05, 0) is 32.6 Å². The van der Waals surface area contributed by atoms with Gasteiger partial charge < -0.3 is 16.0 Å². The number of aromatic nitrogens is 1. The molecule has 1 aromatic heterocycles. The fraction of sp³-hybridized carbons (Fsp3) is 0.688. The molecule has 1 aromatic rings. The molecule has 1 atom stereocenters. The van der Waals surface area contributed by atoms with Gasteiger partial charge in [0.1, 0.15) is 0 Å². The summed E-state index contributed by atoms with van der Waals surface area (Å²) >= 11 is 1.76. The number of aliphatic imine (C=N–C) groups is 1. The fourth-order valence-electron chi connectivity index (χ4n) is 3.13. The molecule has 1 aliphatic heterocycles. The zero-order valence-corrected chi connectivity index (χ0v) is 17.8. The summed E-state index contributed by atoms with van der Waals surface area (Å²) in [5.74, 6) is 1.04. The van der Waals surface area contributed by atoms with Crippen molar-refractivity contribution in [3.05, 3.63) is 15.6 Å². The van der Waals surface area contributed by atoms with E-state index in [0.29, 0.717) is 12.3 Å². The standard InChI is InChI=1S/C16H27N5OS.HI/c1-11-14(23-12(2)20-11)6-7-19-16(18-3)21-8-4-5-13(10-21)9-15(17)22;/h13H,4-10H2,1-3H3,(H2,17,22)(H,18,19);1H. The third-order valence-electron chi connectivity index (χ3n) is 4.15. The van der Waals surface area contributed by atoms with Crippen LogP contribution in [0.25, 0.3) is 0 Å². The summed E-state index contributed by atoms with van der Waals surface area (Å²) in [6, 6.07) is 0. The Balaban J connectivity index is 0.00000288. The average molecular weight is 465 g/mol. The van der Waals surface area contributed by atoms with Gasteiger partial charge in [-0.1, -0.05) is 0 Å². The number of amides is 1. The lowest BCUT2D eigenvalue weighted by Crippen LogP contribution is -2.47. The summed E-state index contributed by atoms with van der Waals surface area (Å²) in [6.45, 7) is 6.77. The first-order chi connectivity index (χ1) is 11.0. The number of nitrogens with zero attached hydrogens (tertiary/aromatic N) is 3. The number of piperidine rings is 1. The minimum atomic E-state index is -0.212. The van der Waals surface area contributed by atoms with Gasteiger partial charge in [-0.15, -0.1) is 35.3 Å². The number of hydrogen-bond donors (Lipinski definition) is 2. The number of carbonyl (C=O) groups excluding carboxylic acids is 1. The zero-order valence-electron chi connectivity index (χ0n) is 14.7. The molecule has 1 saturated heterocycles. The minimum Gasteiger partial charge on any atom is -0.370 e. The molecule has 2 rings (SSSR count). The maximum absolute atomic E-state index is 11.1. The van der Waals surface area contributed by atoms with Crippen LogP contribution in [0.15, 0.2) is 4.99 Å². The molecule has 0 bridgehead atoms. The minimum absolute atomic E-state index is 0. The molecule has 136 valence electrons. The van der Waals surface area contributed by atoms with Crippen molar-refractivity contribution in [1.29, 1.82) is 0 Å². The quantitative estimate of drug-likeness (QED) is 0.396. The van der Waals surface area contributed by atoms with Gasteiger partial charge in [0.2, 0.25) is 5.91 Å². The highest BCUT2D eigenvalue weighted by Crippen LogP contribution is 2.20. The van der Waals surface area contributed by atoms with E-state index in [-0.39, 0.29) is 29.9 Å². The number of carbonyl (C=O) groups is 1. The maximum atomic E-state index is 11.1. The Morgan fingerprint density at radius 1 is 1.50 bits per heavy atom. The molecule has 0 saturated carbocycles. The number of likely N-dealkylation sites (tertiary alicyclic amines) is 1. The van der Waals surface area contributed by atoms with Crippen molar-refractivity contribution >= 4 is 47.2 Å². The molecule has 24 heavy (non-hydrogen) atoms. The number of rotatable bonds is 5. The summed E-state index contributed by atoms with van der Waals surface area (Å²) in [6.07, 6.45) is 3.56. The summed E-state index contributed by atoms with van der Waals surface area (Å²) in [4.78, 5) is 23.5. The molecular formula is C16H28IN5OS. The van der Waals surface area contributed by atoms with E-state index in [4.69, 9.17) is 5.73 Å². The van der Waals surface area contributed by atoms with Gasteiger partial charge in [-0.3, -0.25) is 9.79 Å². The number of guanidine groups is 1. The van der Waals surface area contributed by atoms with Crippen molar-refractivity contribution in [2.75, 3.05) is 26.7 Å². The highest BCUT2D eigenvalue weighted by Gasteiger charge is 2.23. The van der Waals surface area contributed by atoms with Gasteiger partial charge in [-0.2, -0.15) is 0 Å². The van der Waals surface area contributed by atoms with Crippen LogP contribution in [0.5, 0.6) is 0 Å². The van der Waals surface area contributed by atoms with Crippen molar-refractivity contribution in [3.8, 4) is 0 Å². The Bertz CT molecular complexity index is 575. The number of hydrogen-bond acceptors (Lipinski definition) is 4. The van der Waals surface area contributed by atoms with E-state index in [0.717, 1.165) is 55.6 Å². The first-order valence-electron chi connectivity index (χ1n) is 8.16. The predicted octanol–water partition coefficient (Wildman–Crippen LogP) is 2.08. The average Bonchev–Trinajstić information content (AvgIpc) is 2.81. The summed E-state index contributed by atoms with van der Waals surface area (Å²) in [5, 5.41) is 4.55. The van der Waals surface area contributed by atoms with E-state index in [9.17, 15) is 4.79 Å². The van der Waals surface area contributed by atoms with Gasteiger partial charge in [0.15, 0.2) is 5.96 Å². The maximum Gasteiger partial charge on any atom is 0.217 e. The van der Waals surface area contributed by atoms with E-state index in [1.165, 1.54) is 4.88 Å². The van der Waals surface area contributed by atoms with Crippen molar-refractivity contribution in [2.24, 2.45) is 16.6 Å². The normalized spacial score (nSPS) is 18.2. The Labute approximate surface area is 165 Å². The fourth-order valence-corrected chi connectivity index (χ4v) is 4.07. The first kappa shape index (κ1) is 21.1. The highest BCUT2D eigenvalue weighted by molar-refractivity contribution is 14.0. The first-order valence-corrected chi connectivity index (χ1v) is 8.98. The molecule has 3 N–H and O–H groups in total. The van der Waals surface area contributed by atoms with Crippen LogP contribution in [0, 0.1) is 19.8 Å². The zero-order chi connectivity index (χ0) is 16.8. The molecule has 0 radical (unpaired) electrons. The van der Waals surface area contributed by atoms with Crippen LogP contribution in [-0.2, 0) is 11.2 Å². The third-order valence-corrected chi connectivity index (χ3v) is 5.29. The van der Waals surface area contributed by atoms with Crippen LogP contribution in [-0.4, -0.2) is 48.4 Å². The monoisotopic (exact) mass is 465 g/mol. The van der Waals surface area contributed by atoms with E-state index < -0.39 is 0 Å². The van der Waals surface area contributed by atoms with Crippen molar-refractivity contribution < 1.29 is 4.79 Å². The summed E-state index contributed by atoms with van der Waals surface area (Å²) in [5.41, 5.74) is 6.46. The second-order valence-corrected chi connectivity index (χ2v) is 7.38. The van der Waals surface area contributed by atoms with Crippen molar-refractivity contribution in [2.45, 2.75) is 39.5 Å². The van der Waals surface area contributed by atoms with Crippen LogP contribution in [0.4, 0.5) is 0 Å². The van der Waals surface area contributed by atoms with Gasteiger partial charge in [0, 0.05) is 44.4 Å². The SMILES string of the molecule is CN=C(NCCc1sc(C)nc1C)N1CCCC(CC(N)=O)C1.I. The third kappa shape index (κ3) is 6.19. The van der Waals surface area contributed by atoms with Crippen LogP contribution in [0.1, 0.15) is 34.8 Å².